The molecule has 2 aromatic carbocycles. The number of fused-ring (bicyclic) bond motifs is 2. The molecule has 5 rings (SSSR count). The number of rotatable bonds is 10. The lowest BCUT2D eigenvalue weighted by molar-refractivity contribution is -0.274. The number of benzene rings is 2. The van der Waals surface area contributed by atoms with E-state index in [0.29, 0.717) is 45.2 Å². The molecule has 0 amide bonds. The van der Waals surface area contributed by atoms with Crippen LogP contribution in [0.1, 0.15) is 62.6 Å². The van der Waals surface area contributed by atoms with Crippen molar-refractivity contribution in [3.8, 4) is 11.5 Å². The molecule has 1 atom stereocenters. The van der Waals surface area contributed by atoms with Gasteiger partial charge in [0.25, 0.3) is 0 Å². The molecular formula is C32H30F3N3O6. The number of pyridine rings is 1. The Morgan fingerprint density at radius 2 is 1.70 bits per heavy atom. The number of alkyl halides is 3. The van der Waals surface area contributed by atoms with Crippen LogP contribution in [0.4, 0.5) is 13.2 Å². The van der Waals surface area contributed by atoms with Gasteiger partial charge in [0.2, 0.25) is 0 Å². The summed E-state index contributed by atoms with van der Waals surface area (Å²) < 4.78 is 52.7. The van der Waals surface area contributed by atoms with E-state index in [9.17, 15) is 33.0 Å². The first-order valence-electron chi connectivity index (χ1n) is 13.8. The molecule has 0 bridgehead atoms. The van der Waals surface area contributed by atoms with Crippen LogP contribution < -0.4 is 9.47 Å². The maximum atomic E-state index is 13.1. The van der Waals surface area contributed by atoms with Gasteiger partial charge in [-0.15, -0.1) is 13.2 Å². The lowest BCUT2D eigenvalue weighted by Gasteiger charge is -2.18. The molecule has 0 radical (unpaired) electrons. The zero-order chi connectivity index (χ0) is 31.9. The van der Waals surface area contributed by atoms with E-state index < -0.39 is 24.1 Å². The van der Waals surface area contributed by atoms with Gasteiger partial charge in [0.05, 0.1) is 29.9 Å². The van der Waals surface area contributed by atoms with Gasteiger partial charge in [0.15, 0.2) is 0 Å². The highest BCUT2D eigenvalue weighted by Gasteiger charge is 2.32. The van der Waals surface area contributed by atoms with Crippen LogP contribution in [-0.2, 0) is 13.6 Å². The first-order valence-corrected chi connectivity index (χ1v) is 13.8. The Morgan fingerprint density at radius 1 is 0.977 bits per heavy atom. The predicted molar refractivity (Wildman–Crippen MR) is 157 cm³/mol. The Kier molecular flexibility index (Phi) is 8.02. The summed E-state index contributed by atoms with van der Waals surface area (Å²) in [6.45, 7) is 6.00. The Morgan fingerprint density at radius 3 is 2.34 bits per heavy atom. The van der Waals surface area contributed by atoms with Crippen LogP contribution in [0.3, 0.4) is 0 Å². The van der Waals surface area contributed by atoms with Crippen molar-refractivity contribution in [1.29, 1.82) is 0 Å². The minimum absolute atomic E-state index is 0.0736. The van der Waals surface area contributed by atoms with Crippen molar-refractivity contribution in [2.45, 2.75) is 46.0 Å². The zero-order valence-electron chi connectivity index (χ0n) is 24.4. The summed E-state index contributed by atoms with van der Waals surface area (Å²) in [7, 11) is 1.54. The van der Waals surface area contributed by atoms with Crippen molar-refractivity contribution < 1.29 is 42.4 Å². The average molecular weight is 610 g/mol. The average Bonchev–Trinajstić information content (AvgIpc) is 3.49. The molecule has 0 aliphatic carbocycles. The van der Waals surface area contributed by atoms with Crippen LogP contribution in [0.15, 0.2) is 54.7 Å². The molecule has 0 fully saturated rings. The molecule has 0 saturated heterocycles. The highest BCUT2D eigenvalue weighted by molar-refractivity contribution is 5.99. The molecule has 0 aliphatic heterocycles. The predicted octanol–water partition coefficient (Wildman–Crippen LogP) is 7.06. The third-order valence-electron chi connectivity index (χ3n) is 7.66. The topological polar surface area (TPSA) is 116 Å². The van der Waals surface area contributed by atoms with Crippen molar-refractivity contribution in [2.75, 3.05) is 6.61 Å². The van der Waals surface area contributed by atoms with Crippen molar-refractivity contribution in [1.82, 2.24) is 14.1 Å². The number of carboxylic acids is 2. The van der Waals surface area contributed by atoms with Crippen molar-refractivity contribution in [3.05, 3.63) is 88.5 Å². The minimum Gasteiger partial charge on any atom is -0.493 e. The molecule has 12 heteroatoms. The fraction of sp³-hybridized carbons (Fsp3) is 0.281. The van der Waals surface area contributed by atoms with Gasteiger partial charge in [0.1, 0.15) is 22.9 Å². The number of hydrogen-bond donors (Lipinski definition) is 2. The number of nitrogens with zero attached hydrogens (tertiary/aromatic N) is 3. The van der Waals surface area contributed by atoms with E-state index in [2.05, 4.69) is 9.72 Å². The summed E-state index contributed by atoms with van der Waals surface area (Å²) in [6.07, 6.45) is -2.84. The van der Waals surface area contributed by atoms with Gasteiger partial charge >= 0.3 is 18.3 Å². The highest BCUT2D eigenvalue weighted by atomic mass is 19.4. The lowest BCUT2D eigenvalue weighted by atomic mass is 9.95. The van der Waals surface area contributed by atoms with Crippen LogP contribution in [0.25, 0.3) is 21.8 Å². The normalized spacial score (nSPS) is 12.5. The molecule has 1 unspecified atom stereocenters. The molecule has 0 spiro atoms. The number of ether oxygens (including phenoxy) is 2. The number of hydrogen-bond acceptors (Lipinski definition) is 5. The Bertz CT molecular complexity index is 1890. The first-order chi connectivity index (χ1) is 20.7. The van der Waals surface area contributed by atoms with E-state index in [1.54, 1.807) is 36.9 Å². The second kappa shape index (κ2) is 11.6. The SMILES string of the molecule is Cc1ccc(Cn2c(C(=O)O)cc3c(OCCC(C)c4cc(OC(F)(F)F)cc5cc(C(=O)O)n(C)c45)ccc(C)c32)nc1. The quantitative estimate of drug-likeness (QED) is 0.174. The van der Waals surface area contributed by atoms with E-state index in [1.807, 2.05) is 32.0 Å². The minimum atomic E-state index is -4.92. The molecular weight excluding hydrogens is 579 g/mol. The number of halogens is 3. The van der Waals surface area contributed by atoms with Gasteiger partial charge in [-0.3, -0.25) is 4.98 Å². The van der Waals surface area contributed by atoms with E-state index in [4.69, 9.17) is 4.74 Å². The second-order valence-electron chi connectivity index (χ2n) is 10.8. The lowest BCUT2D eigenvalue weighted by Crippen LogP contribution is -2.17. The molecule has 0 aliphatic rings. The summed E-state index contributed by atoms with van der Waals surface area (Å²) >= 11 is 0. The second-order valence-corrected chi connectivity index (χ2v) is 10.8. The van der Waals surface area contributed by atoms with Gasteiger partial charge in [-0.25, -0.2) is 9.59 Å². The summed E-state index contributed by atoms with van der Waals surface area (Å²) in [6, 6.07) is 12.7. The molecule has 2 N–H and O–H groups in total. The fourth-order valence-electron chi connectivity index (χ4n) is 5.54. The summed E-state index contributed by atoms with van der Waals surface area (Å²) in [4.78, 5) is 28.4. The van der Waals surface area contributed by atoms with Crippen LogP contribution in [0, 0.1) is 13.8 Å². The van der Waals surface area contributed by atoms with Gasteiger partial charge in [-0.2, -0.15) is 0 Å². The van der Waals surface area contributed by atoms with Crippen molar-refractivity contribution >= 4 is 33.7 Å². The Hall–Kier alpha value is -5.00. The maximum Gasteiger partial charge on any atom is 0.573 e. The van der Waals surface area contributed by atoms with Crippen molar-refractivity contribution in [2.24, 2.45) is 7.05 Å². The van der Waals surface area contributed by atoms with Crippen molar-refractivity contribution in [3.63, 3.8) is 0 Å². The third kappa shape index (κ3) is 6.05. The van der Waals surface area contributed by atoms with Gasteiger partial charge in [-0.1, -0.05) is 19.1 Å². The largest absolute Gasteiger partial charge is 0.573 e. The van der Waals surface area contributed by atoms with E-state index in [-0.39, 0.29) is 30.5 Å². The van der Waals surface area contributed by atoms with Crippen LogP contribution in [-0.4, -0.2) is 49.2 Å². The zero-order valence-corrected chi connectivity index (χ0v) is 24.4. The van der Waals surface area contributed by atoms with Crippen LogP contribution >= 0.6 is 0 Å². The van der Waals surface area contributed by atoms with Gasteiger partial charge in [-0.05, 0) is 79.3 Å². The van der Waals surface area contributed by atoms with E-state index in [1.165, 1.54) is 22.8 Å². The van der Waals surface area contributed by atoms with E-state index in [0.717, 1.165) is 11.1 Å². The number of carboxylic acid groups (broad SMARTS) is 2. The number of aryl methyl sites for hydroxylation is 3. The number of aromatic nitrogens is 3. The molecule has 3 heterocycles. The summed E-state index contributed by atoms with van der Waals surface area (Å²) in [5.74, 6) is -2.65. The molecule has 5 aromatic rings. The van der Waals surface area contributed by atoms with E-state index >= 15 is 0 Å². The standard InChI is InChI=1S/C32H30F3N3O6/c1-17-5-7-21(36-15-17)16-38-26(31(41)42)14-24-27(8-6-19(3)28(24)38)43-10-9-18(2)23-13-22(44-32(33,34)35)11-20-12-25(30(39)40)37(4)29(20)23/h5-8,11-15,18H,9-10,16H2,1-4H3,(H,39,40)(H,41,42). The fourth-order valence-corrected chi connectivity index (χ4v) is 5.54. The van der Waals surface area contributed by atoms with Crippen LogP contribution in [0.5, 0.6) is 11.5 Å². The summed E-state index contributed by atoms with van der Waals surface area (Å²) in [5.41, 5.74) is 4.19. The smallest absolute Gasteiger partial charge is 0.493 e. The third-order valence-corrected chi connectivity index (χ3v) is 7.66. The first kappa shape index (κ1) is 30.5. The molecule has 9 nitrogen and oxygen atoms in total. The summed E-state index contributed by atoms with van der Waals surface area (Å²) in [5, 5.41) is 20.5. The Labute approximate surface area is 250 Å². The maximum absolute atomic E-state index is 13.1. The molecule has 44 heavy (non-hydrogen) atoms. The number of aromatic carboxylic acids is 2. The molecule has 0 saturated carbocycles. The highest BCUT2D eigenvalue weighted by Crippen LogP contribution is 2.37. The van der Waals surface area contributed by atoms with Gasteiger partial charge < -0.3 is 28.8 Å². The van der Waals surface area contributed by atoms with Crippen LogP contribution in [0.2, 0.25) is 0 Å². The molecule has 230 valence electrons. The monoisotopic (exact) mass is 609 g/mol. The molecule has 3 aromatic heterocycles. The number of carbonyl (C=O) groups is 2. The Balaban J connectivity index is 1.45. The van der Waals surface area contributed by atoms with Gasteiger partial charge in [0, 0.05) is 24.0 Å².